The molecule has 7 heteroatoms. The molecular formula is C19H15FN2O3S. The molecule has 0 N–H and O–H groups in total. The lowest BCUT2D eigenvalue weighted by Gasteiger charge is -2.38. The third kappa shape index (κ3) is 3.06. The van der Waals surface area contributed by atoms with Gasteiger partial charge >= 0.3 is 0 Å². The first-order valence-corrected chi connectivity index (χ1v) is 8.95. The van der Waals surface area contributed by atoms with E-state index in [2.05, 4.69) is 4.98 Å². The zero-order valence-corrected chi connectivity index (χ0v) is 14.8. The minimum atomic E-state index is -0.368. The second-order valence-electron chi connectivity index (χ2n) is 6.15. The first-order chi connectivity index (χ1) is 12.5. The molecule has 0 atom stereocenters. The van der Waals surface area contributed by atoms with E-state index in [1.54, 1.807) is 41.3 Å². The Balaban J connectivity index is 1.37. The van der Waals surface area contributed by atoms with Gasteiger partial charge in [-0.2, -0.15) is 4.98 Å². The molecule has 0 aliphatic carbocycles. The molecule has 0 unspecified atom stereocenters. The Labute approximate surface area is 153 Å². The molecule has 1 aromatic heterocycles. The standard InChI is InChI=1S/C19H15FN2O3S/c1-11(23)12-5-7-13(8-6-12)18(24)22-9-14(10-22)25-19-21-17-15(20)3-2-4-16(17)26-19/h2-8,14H,9-10H2,1H3. The number of aromatic nitrogens is 1. The molecule has 0 radical (unpaired) electrons. The summed E-state index contributed by atoms with van der Waals surface area (Å²) in [5.74, 6) is -0.503. The van der Waals surface area contributed by atoms with Crippen LogP contribution in [0.3, 0.4) is 0 Å². The van der Waals surface area contributed by atoms with Gasteiger partial charge < -0.3 is 9.64 Å². The van der Waals surface area contributed by atoms with E-state index < -0.39 is 0 Å². The number of carbonyl (C=O) groups excluding carboxylic acids is 2. The lowest BCUT2D eigenvalue weighted by Crippen LogP contribution is -2.56. The summed E-state index contributed by atoms with van der Waals surface area (Å²) in [5, 5.41) is 0.410. The quantitative estimate of drug-likeness (QED) is 0.659. The summed E-state index contributed by atoms with van der Waals surface area (Å²) < 4.78 is 20.2. The number of hydrogen-bond donors (Lipinski definition) is 0. The third-order valence-electron chi connectivity index (χ3n) is 4.29. The number of benzene rings is 2. The number of thiazole rings is 1. The van der Waals surface area contributed by atoms with E-state index in [9.17, 15) is 14.0 Å². The summed E-state index contributed by atoms with van der Waals surface area (Å²) in [5.41, 5.74) is 1.43. The molecule has 0 spiro atoms. The minimum absolute atomic E-state index is 0.0336. The fourth-order valence-corrected chi connectivity index (χ4v) is 3.69. The van der Waals surface area contributed by atoms with Crippen molar-refractivity contribution in [3.8, 4) is 5.19 Å². The maximum Gasteiger partial charge on any atom is 0.274 e. The van der Waals surface area contributed by atoms with Crippen LogP contribution in [0.5, 0.6) is 5.19 Å². The number of hydrogen-bond acceptors (Lipinski definition) is 5. The number of nitrogens with zero attached hydrogens (tertiary/aromatic N) is 2. The minimum Gasteiger partial charge on any atom is -0.463 e. The van der Waals surface area contributed by atoms with Crippen molar-refractivity contribution >= 4 is 33.2 Å². The highest BCUT2D eigenvalue weighted by molar-refractivity contribution is 7.20. The Kier molecular flexibility index (Phi) is 4.16. The first-order valence-electron chi connectivity index (χ1n) is 8.13. The van der Waals surface area contributed by atoms with E-state index in [1.165, 1.54) is 24.3 Å². The van der Waals surface area contributed by atoms with Crippen molar-refractivity contribution in [2.45, 2.75) is 13.0 Å². The van der Waals surface area contributed by atoms with Crippen LogP contribution in [0.2, 0.25) is 0 Å². The summed E-state index contributed by atoms with van der Waals surface area (Å²) in [4.78, 5) is 29.5. The molecule has 3 aromatic rings. The van der Waals surface area contributed by atoms with Crippen molar-refractivity contribution in [3.63, 3.8) is 0 Å². The molecule has 1 aliphatic heterocycles. The van der Waals surface area contributed by atoms with E-state index in [4.69, 9.17) is 4.74 Å². The number of ether oxygens (including phenoxy) is 1. The molecule has 2 heterocycles. The van der Waals surface area contributed by atoms with Crippen LogP contribution in [-0.4, -0.2) is 40.8 Å². The Morgan fingerprint density at radius 3 is 2.50 bits per heavy atom. The number of rotatable bonds is 4. The van der Waals surface area contributed by atoms with E-state index >= 15 is 0 Å². The summed E-state index contributed by atoms with van der Waals surface area (Å²) >= 11 is 1.29. The Morgan fingerprint density at radius 2 is 1.85 bits per heavy atom. The topological polar surface area (TPSA) is 59.5 Å². The Morgan fingerprint density at radius 1 is 1.15 bits per heavy atom. The van der Waals surface area contributed by atoms with Crippen molar-refractivity contribution in [2.75, 3.05) is 13.1 Å². The van der Waals surface area contributed by atoms with Gasteiger partial charge in [-0.3, -0.25) is 9.59 Å². The van der Waals surface area contributed by atoms with Crippen molar-refractivity contribution in [1.82, 2.24) is 9.88 Å². The van der Waals surface area contributed by atoms with Crippen molar-refractivity contribution in [3.05, 3.63) is 59.4 Å². The van der Waals surface area contributed by atoms with Gasteiger partial charge in [0.05, 0.1) is 17.8 Å². The van der Waals surface area contributed by atoms with E-state index in [0.717, 1.165) is 4.70 Å². The van der Waals surface area contributed by atoms with Gasteiger partial charge in [0.2, 0.25) is 0 Å². The SMILES string of the molecule is CC(=O)c1ccc(C(=O)N2CC(Oc3nc4c(F)cccc4s3)C2)cc1. The van der Waals surface area contributed by atoms with Crippen LogP contribution >= 0.6 is 11.3 Å². The Hall–Kier alpha value is -2.80. The highest BCUT2D eigenvalue weighted by Gasteiger charge is 2.33. The van der Waals surface area contributed by atoms with Gasteiger partial charge in [-0.05, 0) is 31.2 Å². The number of halogens is 1. The van der Waals surface area contributed by atoms with Crippen LogP contribution in [-0.2, 0) is 0 Å². The highest BCUT2D eigenvalue weighted by atomic mass is 32.1. The zero-order valence-electron chi connectivity index (χ0n) is 13.9. The summed E-state index contributed by atoms with van der Waals surface area (Å²) in [6.45, 7) is 2.39. The van der Waals surface area contributed by atoms with Gasteiger partial charge in [0.25, 0.3) is 11.1 Å². The number of carbonyl (C=O) groups is 2. The number of para-hydroxylation sites is 1. The fourth-order valence-electron chi connectivity index (χ4n) is 2.80. The molecule has 1 fully saturated rings. The number of Topliss-reactive ketones (excluding diaryl/α,β-unsaturated/α-hetero) is 1. The molecule has 26 heavy (non-hydrogen) atoms. The maximum absolute atomic E-state index is 13.7. The Bertz CT molecular complexity index is 994. The third-order valence-corrected chi connectivity index (χ3v) is 5.20. The van der Waals surface area contributed by atoms with Gasteiger partial charge in [-0.25, -0.2) is 4.39 Å². The second-order valence-corrected chi connectivity index (χ2v) is 7.14. The van der Waals surface area contributed by atoms with Gasteiger partial charge in [0.15, 0.2) is 5.78 Å². The monoisotopic (exact) mass is 370 g/mol. The van der Waals surface area contributed by atoms with Crippen molar-refractivity contribution in [2.24, 2.45) is 0 Å². The largest absolute Gasteiger partial charge is 0.463 e. The molecule has 0 saturated carbocycles. The van der Waals surface area contributed by atoms with E-state index in [0.29, 0.717) is 34.9 Å². The lowest BCUT2D eigenvalue weighted by atomic mass is 10.1. The molecular weight excluding hydrogens is 355 g/mol. The van der Waals surface area contributed by atoms with E-state index in [1.807, 2.05) is 0 Å². The van der Waals surface area contributed by atoms with Gasteiger partial charge in [-0.15, -0.1) is 0 Å². The van der Waals surface area contributed by atoms with Gasteiger partial charge in [0, 0.05) is 11.1 Å². The molecule has 1 aliphatic rings. The van der Waals surface area contributed by atoms with Crippen molar-refractivity contribution in [1.29, 1.82) is 0 Å². The average Bonchev–Trinajstić information content (AvgIpc) is 3.01. The molecule has 5 nitrogen and oxygen atoms in total. The van der Waals surface area contributed by atoms with Crippen LogP contribution < -0.4 is 4.74 Å². The van der Waals surface area contributed by atoms with Crippen LogP contribution in [0.25, 0.3) is 10.2 Å². The van der Waals surface area contributed by atoms with Gasteiger partial charge in [-0.1, -0.05) is 29.5 Å². The predicted molar refractivity (Wildman–Crippen MR) is 96.3 cm³/mol. The summed E-state index contributed by atoms with van der Waals surface area (Å²) in [6, 6.07) is 11.4. The molecule has 2 aromatic carbocycles. The second kappa shape index (κ2) is 6.49. The fraction of sp³-hybridized carbons (Fsp3) is 0.211. The average molecular weight is 370 g/mol. The zero-order chi connectivity index (χ0) is 18.3. The molecule has 1 amide bonds. The smallest absolute Gasteiger partial charge is 0.274 e. The number of amides is 1. The van der Waals surface area contributed by atoms with Crippen LogP contribution in [0.4, 0.5) is 4.39 Å². The molecule has 132 valence electrons. The normalized spacial score (nSPS) is 14.3. The maximum atomic E-state index is 13.7. The van der Waals surface area contributed by atoms with Crippen molar-refractivity contribution < 1.29 is 18.7 Å². The molecule has 1 saturated heterocycles. The lowest BCUT2D eigenvalue weighted by molar-refractivity contribution is 0.0178. The first kappa shape index (κ1) is 16.7. The van der Waals surface area contributed by atoms with E-state index in [-0.39, 0.29) is 23.6 Å². The number of likely N-dealkylation sites (tertiary alicyclic amines) is 1. The number of ketones is 1. The summed E-state index contributed by atoms with van der Waals surface area (Å²) in [6.07, 6.45) is -0.154. The van der Waals surface area contributed by atoms with Crippen LogP contribution in [0.1, 0.15) is 27.6 Å². The van der Waals surface area contributed by atoms with Gasteiger partial charge in [0.1, 0.15) is 17.4 Å². The predicted octanol–water partition coefficient (Wildman–Crippen LogP) is 3.54. The molecule has 4 rings (SSSR count). The van der Waals surface area contributed by atoms with Crippen LogP contribution in [0, 0.1) is 5.82 Å². The molecule has 0 bridgehead atoms. The number of fused-ring (bicyclic) bond motifs is 1. The van der Waals surface area contributed by atoms with Crippen LogP contribution in [0.15, 0.2) is 42.5 Å². The summed E-state index contributed by atoms with van der Waals surface area (Å²) in [7, 11) is 0. The highest BCUT2D eigenvalue weighted by Crippen LogP contribution is 2.31.